The van der Waals surface area contributed by atoms with Crippen LogP contribution in [-0.4, -0.2) is 29.6 Å². The van der Waals surface area contributed by atoms with Crippen LogP contribution in [-0.2, 0) is 16.7 Å². The van der Waals surface area contributed by atoms with Crippen LogP contribution in [0.5, 0.6) is 0 Å². The Morgan fingerprint density at radius 3 is 2.92 bits per heavy atom. The number of nitriles is 1. The maximum Gasteiger partial charge on any atom is 0.214 e. The molecule has 0 amide bonds. The van der Waals surface area contributed by atoms with Gasteiger partial charge >= 0.3 is 0 Å². The predicted octanol–water partition coefficient (Wildman–Crippen LogP) is 3.42. The van der Waals surface area contributed by atoms with Gasteiger partial charge in [-0.05, 0) is 17.7 Å². The largest absolute Gasteiger partial charge is 0.447 e. The average Bonchev–Trinajstić information content (AvgIpc) is 3.06. The van der Waals surface area contributed by atoms with Crippen molar-refractivity contribution in [2.24, 2.45) is 0 Å². The van der Waals surface area contributed by atoms with Crippen LogP contribution in [0.3, 0.4) is 0 Å². The Kier molecular flexibility index (Phi) is 4.70. The molecule has 0 bridgehead atoms. The number of benzene rings is 1. The zero-order valence-corrected chi connectivity index (χ0v) is 14.5. The first kappa shape index (κ1) is 16.7. The van der Waals surface area contributed by atoms with Gasteiger partial charge in [0.1, 0.15) is 12.3 Å². The first-order valence-corrected chi connectivity index (χ1v) is 8.24. The van der Waals surface area contributed by atoms with Crippen molar-refractivity contribution in [3.05, 3.63) is 53.2 Å². The molecule has 1 atom stereocenters. The van der Waals surface area contributed by atoms with Crippen molar-refractivity contribution in [3.8, 4) is 6.07 Å². The third-order valence-corrected chi connectivity index (χ3v) is 4.26. The Balaban J connectivity index is 1.81. The van der Waals surface area contributed by atoms with Crippen molar-refractivity contribution in [2.45, 2.75) is 38.8 Å². The maximum absolute atomic E-state index is 9.07. The van der Waals surface area contributed by atoms with Crippen LogP contribution in [0.1, 0.15) is 49.5 Å². The van der Waals surface area contributed by atoms with Gasteiger partial charge < -0.3 is 9.15 Å². The number of morpholine rings is 1. The Labute approximate surface area is 142 Å². The molecule has 5 heteroatoms. The third kappa shape index (κ3) is 3.66. The van der Waals surface area contributed by atoms with Gasteiger partial charge in [0, 0.05) is 18.5 Å². The highest BCUT2D eigenvalue weighted by atomic mass is 16.5. The quantitative estimate of drug-likeness (QED) is 0.865. The highest BCUT2D eigenvalue weighted by molar-refractivity contribution is 5.32. The summed E-state index contributed by atoms with van der Waals surface area (Å²) in [6.07, 6.45) is 1.75. The van der Waals surface area contributed by atoms with Crippen molar-refractivity contribution in [1.82, 2.24) is 9.88 Å². The molecule has 5 nitrogen and oxygen atoms in total. The number of rotatable bonds is 3. The number of aromatic nitrogens is 1. The maximum atomic E-state index is 9.07. The minimum Gasteiger partial charge on any atom is -0.447 e. The topological polar surface area (TPSA) is 62.3 Å². The summed E-state index contributed by atoms with van der Waals surface area (Å²) in [5.41, 5.74) is 2.71. The Morgan fingerprint density at radius 1 is 1.38 bits per heavy atom. The lowest BCUT2D eigenvalue weighted by molar-refractivity contribution is -0.0223. The van der Waals surface area contributed by atoms with Crippen molar-refractivity contribution < 1.29 is 9.15 Å². The summed E-state index contributed by atoms with van der Waals surface area (Å²) >= 11 is 0. The molecule has 0 radical (unpaired) electrons. The molecule has 0 spiro atoms. The SMILES string of the molecule is CC(C)(C)c1coc([C@@H]2COCCN2Cc2cccc(C#N)c2)n1. The Morgan fingerprint density at radius 2 is 2.21 bits per heavy atom. The molecule has 2 aromatic rings. The molecule has 0 N–H and O–H groups in total. The normalized spacial score (nSPS) is 19.2. The number of nitrogens with zero attached hydrogens (tertiary/aromatic N) is 3. The molecular formula is C19H23N3O2. The molecule has 1 aliphatic heterocycles. The highest BCUT2D eigenvalue weighted by Gasteiger charge is 2.30. The van der Waals surface area contributed by atoms with Crippen LogP contribution < -0.4 is 0 Å². The molecule has 24 heavy (non-hydrogen) atoms. The van der Waals surface area contributed by atoms with Crippen molar-refractivity contribution in [1.29, 1.82) is 5.26 Å². The van der Waals surface area contributed by atoms with E-state index in [4.69, 9.17) is 19.4 Å². The fourth-order valence-corrected chi connectivity index (χ4v) is 2.81. The van der Waals surface area contributed by atoms with Crippen molar-refractivity contribution in [2.75, 3.05) is 19.8 Å². The van der Waals surface area contributed by atoms with Gasteiger partial charge in [-0.25, -0.2) is 4.98 Å². The summed E-state index contributed by atoms with van der Waals surface area (Å²) < 4.78 is 11.4. The first-order valence-electron chi connectivity index (χ1n) is 8.24. The van der Waals surface area contributed by atoms with Gasteiger partial charge in [-0.3, -0.25) is 4.90 Å². The Bertz CT molecular complexity index is 740. The van der Waals surface area contributed by atoms with E-state index >= 15 is 0 Å². The van der Waals surface area contributed by atoms with E-state index < -0.39 is 0 Å². The van der Waals surface area contributed by atoms with E-state index in [2.05, 4.69) is 31.7 Å². The summed E-state index contributed by atoms with van der Waals surface area (Å²) in [6.45, 7) is 9.19. The second kappa shape index (κ2) is 6.76. The minimum absolute atomic E-state index is 0.000548. The fraction of sp³-hybridized carbons (Fsp3) is 0.474. The molecule has 2 heterocycles. The lowest BCUT2D eigenvalue weighted by Crippen LogP contribution is -2.39. The van der Waals surface area contributed by atoms with Gasteiger partial charge in [0.15, 0.2) is 0 Å². The predicted molar refractivity (Wildman–Crippen MR) is 90.3 cm³/mol. The molecule has 3 rings (SSSR count). The standard InChI is InChI=1S/C19H23N3O2/c1-19(2,3)17-13-24-18(21-17)16-12-23-8-7-22(16)11-15-6-4-5-14(9-15)10-20/h4-6,9,13,16H,7-8,11-12H2,1-3H3/t16-/m0/s1. The average molecular weight is 325 g/mol. The van der Waals surface area contributed by atoms with Crippen molar-refractivity contribution in [3.63, 3.8) is 0 Å². The minimum atomic E-state index is -0.0385. The summed E-state index contributed by atoms with van der Waals surface area (Å²) in [4.78, 5) is 6.99. The van der Waals surface area contributed by atoms with Gasteiger partial charge in [0.2, 0.25) is 5.89 Å². The molecule has 1 fully saturated rings. The van der Waals surface area contributed by atoms with Crippen LogP contribution in [0.2, 0.25) is 0 Å². The van der Waals surface area contributed by atoms with Crippen molar-refractivity contribution >= 4 is 0 Å². The summed E-state index contributed by atoms with van der Waals surface area (Å²) in [7, 11) is 0. The second-order valence-electron chi connectivity index (χ2n) is 7.19. The molecular weight excluding hydrogens is 302 g/mol. The highest BCUT2D eigenvalue weighted by Crippen LogP contribution is 2.29. The summed E-state index contributed by atoms with van der Waals surface area (Å²) in [5, 5.41) is 9.07. The molecule has 126 valence electrons. The Hall–Kier alpha value is -2.16. The van der Waals surface area contributed by atoms with E-state index in [1.807, 2.05) is 24.3 Å². The molecule has 0 aliphatic carbocycles. The van der Waals surface area contributed by atoms with E-state index in [1.165, 1.54) is 0 Å². The zero-order chi connectivity index (χ0) is 17.2. The molecule has 1 aromatic heterocycles. The van der Waals surface area contributed by atoms with Crippen LogP contribution in [0.4, 0.5) is 0 Å². The van der Waals surface area contributed by atoms with Gasteiger partial charge in [0.25, 0.3) is 0 Å². The molecule has 1 aromatic carbocycles. The summed E-state index contributed by atoms with van der Waals surface area (Å²) in [6, 6.07) is 9.92. The van der Waals surface area contributed by atoms with Gasteiger partial charge in [-0.15, -0.1) is 0 Å². The third-order valence-electron chi connectivity index (χ3n) is 4.26. The smallest absolute Gasteiger partial charge is 0.214 e. The van der Waals surface area contributed by atoms with Crippen LogP contribution in [0, 0.1) is 11.3 Å². The van der Waals surface area contributed by atoms with E-state index in [0.717, 1.165) is 24.3 Å². The number of hydrogen-bond donors (Lipinski definition) is 0. The molecule has 1 aliphatic rings. The van der Waals surface area contributed by atoms with E-state index in [9.17, 15) is 0 Å². The second-order valence-corrected chi connectivity index (χ2v) is 7.19. The molecule has 0 unspecified atom stereocenters. The van der Waals surface area contributed by atoms with Crippen LogP contribution >= 0.6 is 0 Å². The summed E-state index contributed by atoms with van der Waals surface area (Å²) in [5.74, 6) is 0.705. The lowest BCUT2D eigenvalue weighted by Gasteiger charge is -2.33. The van der Waals surface area contributed by atoms with Gasteiger partial charge in [-0.1, -0.05) is 32.9 Å². The lowest BCUT2D eigenvalue weighted by atomic mass is 9.93. The first-order chi connectivity index (χ1) is 11.5. The van der Waals surface area contributed by atoms with E-state index in [0.29, 0.717) is 24.7 Å². The molecule has 0 saturated carbocycles. The monoisotopic (exact) mass is 325 g/mol. The number of oxazole rings is 1. The fourth-order valence-electron chi connectivity index (χ4n) is 2.81. The van der Waals surface area contributed by atoms with E-state index in [-0.39, 0.29) is 11.5 Å². The van der Waals surface area contributed by atoms with E-state index in [1.54, 1.807) is 6.26 Å². The van der Waals surface area contributed by atoms with Gasteiger partial charge in [0.05, 0.1) is 30.5 Å². The zero-order valence-electron chi connectivity index (χ0n) is 14.5. The van der Waals surface area contributed by atoms with Crippen LogP contribution in [0.25, 0.3) is 0 Å². The van der Waals surface area contributed by atoms with Gasteiger partial charge in [-0.2, -0.15) is 5.26 Å². The molecule has 1 saturated heterocycles. The number of hydrogen-bond acceptors (Lipinski definition) is 5. The van der Waals surface area contributed by atoms with Crippen LogP contribution in [0.15, 0.2) is 34.9 Å². The number of ether oxygens (including phenoxy) is 1.